The van der Waals surface area contributed by atoms with Crippen molar-refractivity contribution in [1.29, 1.82) is 0 Å². The number of hydrogen-bond donors (Lipinski definition) is 1. The van der Waals surface area contributed by atoms with Gasteiger partial charge < -0.3 is 10.1 Å². The van der Waals surface area contributed by atoms with Crippen molar-refractivity contribution < 1.29 is 9.53 Å². The van der Waals surface area contributed by atoms with E-state index in [0.29, 0.717) is 6.61 Å². The van der Waals surface area contributed by atoms with Crippen LogP contribution in [0.15, 0.2) is 48.5 Å². The first-order valence-corrected chi connectivity index (χ1v) is 6.69. The predicted octanol–water partition coefficient (Wildman–Crippen LogP) is 3.18. The number of rotatable bonds is 3. The quantitative estimate of drug-likeness (QED) is 0.929. The summed E-state index contributed by atoms with van der Waals surface area (Å²) >= 11 is 0. The van der Waals surface area contributed by atoms with Crippen molar-refractivity contribution in [3.05, 3.63) is 48.5 Å². The second-order valence-electron chi connectivity index (χ2n) is 4.50. The molecule has 0 fully saturated rings. The Bertz CT molecular complexity index is 640. The van der Waals surface area contributed by atoms with E-state index in [1.54, 1.807) is 4.90 Å². The molecule has 102 valence electrons. The van der Waals surface area contributed by atoms with Crippen LogP contribution >= 0.6 is 0 Å². The van der Waals surface area contributed by atoms with Crippen molar-refractivity contribution in [1.82, 2.24) is 0 Å². The summed E-state index contributed by atoms with van der Waals surface area (Å²) in [7, 11) is 0. The molecule has 2 aromatic carbocycles. The highest BCUT2D eigenvalue weighted by atomic mass is 16.5. The van der Waals surface area contributed by atoms with Gasteiger partial charge in [0, 0.05) is 0 Å². The van der Waals surface area contributed by atoms with E-state index in [4.69, 9.17) is 4.74 Å². The van der Waals surface area contributed by atoms with Crippen LogP contribution in [0.2, 0.25) is 0 Å². The Morgan fingerprint density at radius 3 is 2.60 bits per heavy atom. The summed E-state index contributed by atoms with van der Waals surface area (Å²) in [6, 6.07) is 15.4. The summed E-state index contributed by atoms with van der Waals surface area (Å²) in [6.07, 6.45) is 0. The minimum absolute atomic E-state index is 0.0100. The number of nitrogens with one attached hydrogen (secondary N) is 1. The highest BCUT2D eigenvalue weighted by Gasteiger charge is 2.26. The summed E-state index contributed by atoms with van der Waals surface area (Å²) in [5, 5.41) is 3.13. The van der Waals surface area contributed by atoms with Gasteiger partial charge in [-0.3, -0.25) is 9.69 Å². The van der Waals surface area contributed by atoms with Gasteiger partial charge in [-0.1, -0.05) is 24.3 Å². The van der Waals surface area contributed by atoms with E-state index in [-0.39, 0.29) is 12.5 Å². The highest BCUT2D eigenvalue weighted by Crippen LogP contribution is 2.39. The number of benzene rings is 2. The minimum atomic E-state index is 0.0100. The normalized spacial score (nSPS) is 13.7. The zero-order valence-corrected chi connectivity index (χ0v) is 11.3. The standard InChI is InChI=1S/C16H16N2O2/c1-2-20-15-10-6-5-9-14(15)18-13-8-4-3-7-12(13)17-11-16(18)19/h3-10,17H,2,11H2,1H3. The molecular formula is C16H16N2O2. The Hall–Kier alpha value is -2.49. The maximum absolute atomic E-state index is 12.3. The van der Waals surface area contributed by atoms with Gasteiger partial charge in [-0.05, 0) is 31.2 Å². The van der Waals surface area contributed by atoms with Crippen molar-refractivity contribution in [2.75, 3.05) is 23.4 Å². The van der Waals surface area contributed by atoms with Crippen LogP contribution in [0.1, 0.15) is 6.92 Å². The van der Waals surface area contributed by atoms with Crippen molar-refractivity contribution >= 4 is 23.0 Å². The van der Waals surface area contributed by atoms with E-state index in [0.717, 1.165) is 22.8 Å². The van der Waals surface area contributed by atoms with Gasteiger partial charge in [0.1, 0.15) is 5.75 Å². The third kappa shape index (κ3) is 2.09. The zero-order chi connectivity index (χ0) is 13.9. The van der Waals surface area contributed by atoms with Crippen LogP contribution < -0.4 is 15.0 Å². The van der Waals surface area contributed by atoms with Crippen molar-refractivity contribution in [3.8, 4) is 5.75 Å². The third-order valence-corrected chi connectivity index (χ3v) is 3.23. The summed E-state index contributed by atoms with van der Waals surface area (Å²) in [5.41, 5.74) is 2.60. The van der Waals surface area contributed by atoms with E-state index in [2.05, 4.69) is 5.32 Å². The molecule has 0 aliphatic carbocycles. The smallest absolute Gasteiger partial charge is 0.251 e. The van der Waals surface area contributed by atoms with Crippen molar-refractivity contribution in [2.45, 2.75) is 6.92 Å². The molecule has 0 aromatic heterocycles. The Morgan fingerprint density at radius 2 is 1.80 bits per heavy atom. The van der Waals surface area contributed by atoms with Crippen LogP contribution in [0.3, 0.4) is 0 Å². The molecule has 0 spiro atoms. The van der Waals surface area contributed by atoms with Gasteiger partial charge in [-0.2, -0.15) is 0 Å². The summed E-state index contributed by atoms with van der Waals surface area (Å²) in [6.45, 7) is 2.79. The first-order valence-electron chi connectivity index (χ1n) is 6.69. The van der Waals surface area contributed by atoms with Crippen LogP contribution in [-0.4, -0.2) is 19.1 Å². The van der Waals surface area contributed by atoms with Gasteiger partial charge in [-0.15, -0.1) is 0 Å². The average Bonchev–Trinajstić information content (AvgIpc) is 2.49. The lowest BCUT2D eigenvalue weighted by molar-refractivity contribution is -0.116. The maximum Gasteiger partial charge on any atom is 0.251 e. The Kier molecular flexibility index (Phi) is 3.29. The molecule has 3 rings (SSSR count). The molecule has 4 nitrogen and oxygen atoms in total. The van der Waals surface area contributed by atoms with Gasteiger partial charge in [0.25, 0.3) is 5.91 Å². The molecule has 0 saturated heterocycles. The average molecular weight is 268 g/mol. The fourth-order valence-electron chi connectivity index (χ4n) is 2.39. The fraction of sp³-hybridized carbons (Fsp3) is 0.188. The van der Waals surface area contributed by atoms with E-state index in [9.17, 15) is 4.79 Å². The van der Waals surface area contributed by atoms with E-state index in [1.807, 2.05) is 55.5 Å². The summed E-state index contributed by atoms with van der Waals surface area (Å²) < 4.78 is 5.64. The molecule has 0 saturated carbocycles. The lowest BCUT2D eigenvalue weighted by atomic mass is 10.1. The molecule has 1 N–H and O–H groups in total. The van der Waals surface area contributed by atoms with Crippen molar-refractivity contribution in [3.63, 3.8) is 0 Å². The lowest BCUT2D eigenvalue weighted by Crippen LogP contribution is -2.36. The molecule has 1 aliphatic heterocycles. The molecule has 1 heterocycles. The number of amides is 1. The Morgan fingerprint density at radius 1 is 1.10 bits per heavy atom. The molecular weight excluding hydrogens is 252 g/mol. The van der Waals surface area contributed by atoms with Gasteiger partial charge in [0.05, 0.1) is 30.2 Å². The van der Waals surface area contributed by atoms with Gasteiger partial charge in [-0.25, -0.2) is 0 Å². The lowest BCUT2D eigenvalue weighted by Gasteiger charge is -2.31. The second-order valence-corrected chi connectivity index (χ2v) is 4.50. The molecule has 0 radical (unpaired) electrons. The van der Waals surface area contributed by atoms with Crippen LogP contribution in [0.4, 0.5) is 17.1 Å². The Balaban J connectivity index is 2.12. The zero-order valence-electron chi connectivity index (χ0n) is 11.3. The van der Waals surface area contributed by atoms with E-state index in [1.165, 1.54) is 0 Å². The molecule has 0 bridgehead atoms. The summed E-state index contributed by atoms with van der Waals surface area (Å²) in [5.74, 6) is 0.732. The Labute approximate surface area is 118 Å². The van der Waals surface area contributed by atoms with Gasteiger partial charge in [0.2, 0.25) is 0 Å². The monoisotopic (exact) mass is 268 g/mol. The molecule has 1 amide bonds. The van der Waals surface area contributed by atoms with Crippen LogP contribution in [0, 0.1) is 0 Å². The highest BCUT2D eigenvalue weighted by molar-refractivity contribution is 6.09. The molecule has 2 aromatic rings. The minimum Gasteiger partial charge on any atom is -0.492 e. The van der Waals surface area contributed by atoms with Crippen LogP contribution in [0.5, 0.6) is 5.75 Å². The van der Waals surface area contributed by atoms with Gasteiger partial charge in [0.15, 0.2) is 0 Å². The van der Waals surface area contributed by atoms with E-state index < -0.39 is 0 Å². The topological polar surface area (TPSA) is 41.6 Å². The first kappa shape index (κ1) is 12.5. The molecule has 0 atom stereocenters. The number of carbonyl (C=O) groups excluding carboxylic acids is 1. The number of hydrogen-bond acceptors (Lipinski definition) is 3. The fourth-order valence-corrected chi connectivity index (χ4v) is 2.39. The maximum atomic E-state index is 12.3. The third-order valence-electron chi connectivity index (χ3n) is 3.23. The molecule has 1 aliphatic rings. The molecule has 0 unspecified atom stereocenters. The molecule has 20 heavy (non-hydrogen) atoms. The number of para-hydroxylation sites is 4. The summed E-state index contributed by atoms with van der Waals surface area (Å²) in [4.78, 5) is 14.0. The largest absolute Gasteiger partial charge is 0.492 e. The number of nitrogens with zero attached hydrogens (tertiary/aromatic N) is 1. The van der Waals surface area contributed by atoms with E-state index >= 15 is 0 Å². The number of fused-ring (bicyclic) bond motifs is 1. The first-order chi connectivity index (χ1) is 9.81. The predicted molar refractivity (Wildman–Crippen MR) is 79.7 cm³/mol. The number of ether oxygens (including phenoxy) is 1. The molecule has 4 heteroatoms. The van der Waals surface area contributed by atoms with Crippen molar-refractivity contribution in [2.24, 2.45) is 0 Å². The number of anilines is 3. The van der Waals surface area contributed by atoms with Crippen LogP contribution in [-0.2, 0) is 4.79 Å². The SMILES string of the molecule is CCOc1ccccc1N1C(=O)CNc2ccccc21. The number of carbonyl (C=O) groups is 1. The second kappa shape index (κ2) is 5.25. The van der Waals surface area contributed by atoms with Crippen LogP contribution in [0.25, 0.3) is 0 Å². The van der Waals surface area contributed by atoms with Gasteiger partial charge >= 0.3 is 0 Å².